The van der Waals surface area contributed by atoms with E-state index in [1.54, 1.807) is 35.7 Å². The first-order chi connectivity index (χ1) is 8.15. The standard InChI is InChI=1S/C12H12N2O3/c1-3-17-12(16)10-9-6-4-5-7-14(9)11(13-10)8(2)15/h4-7H,3H2,1-2H3. The van der Waals surface area contributed by atoms with Crippen molar-refractivity contribution in [2.24, 2.45) is 0 Å². The van der Waals surface area contributed by atoms with Crippen molar-refractivity contribution in [1.29, 1.82) is 0 Å². The minimum atomic E-state index is -0.510. The van der Waals surface area contributed by atoms with E-state index in [9.17, 15) is 9.59 Å². The number of Topliss-reactive ketones (excluding diaryl/α,β-unsaturated/α-hetero) is 1. The minimum Gasteiger partial charge on any atom is -0.461 e. The summed E-state index contributed by atoms with van der Waals surface area (Å²) >= 11 is 0. The van der Waals surface area contributed by atoms with Crippen molar-refractivity contribution in [2.45, 2.75) is 13.8 Å². The van der Waals surface area contributed by atoms with Crippen LogP contribution in [-0.2, 0) is 4.74 Å². The van der Waals surface area contributed by atoms with Crippen molar-refractivity contribution in [3.05, 3.63) is 35.9 Å². The second-order valence-electron chi connectivity index (χ2n) is 3.52. The average Bonchev–Trinajstić information content (AvgIpc) is 2.69. The highest BCUT2D eigenvalue weighted by Crippen LogP contribution is 2.14. The number of pyridine rings is 1. The number of nitrogens with zero attached hydrogens (tertiary/aromatic N) is 2. The summed E-state index contributed by atoms with van der Waals surface area (Å²) in [4.78, 5) is 27.1. The third-order valence-corrected chi connectivity index (χ3v) is 2.33. The molecule has 5 heteroatoms. The lowest BCUT2D eigenvalue weighted by molar-refractivity contribution is 0.0522. The van der Waals surface area contributed by atoms with E-state index in [4.69, 9.17) is 4.74 Å². The number of ketones is 1. The number of esters is 1. The van der Waals surface area contributed by atoms with Crippen LogP contribution in [0, 0.1) is 0 Å². The summed E-state index contributed by atoms with van der Waals surface area (Å²) in [5.41, 5.74) is 0.758. The highest BCUT2D eigenvalue weighted by molar-refractivity contribution is 5.99. The summed E-state index contributed by atoms with van der Waals surface area (Å²) in [6.07, 6.45) is 1.70. The molecule has 0 N–H and O–H groups in total. The minimum absolute atomic E-state index is 0.178. The molecule has 0 saturated carbocycles. The van der Waals surface area contributed by atoms with Crippen LogP contribution < -0.4 is 0 Å². The van der Waals surface area contributed by atoms with Gasteiger partial charge in [-0.3, -0.25) is 9.20 Å². The summed E-state index contributed by atoms with van der Waals surface area (Å²) in [5.74, 6) is -0.464. The number of imidazole rings is 1. The summed E-state index contributed by atoms with van der Waals surface area (Å²) in [5, 5.41) is 0. The molecule has 0 saturated heterocycles. The van der Waals surface area contributed by atoms with E-state index < -0.39 is 5.97 Å². The molecular formula is C12H12N2O3. The molecule has 0 fully saturated rings. The highest BCUT2D eigenvalue weighted by atomic mass is 16.5. The van der Waals surface area contributed by atoms with Gasteiger partial charge in [0, 0.05) is 13.1 Å². The zero-order chi connectivity index (χ0) is 12.4. The molecular weight excluding hydrogens is 220 g/mol. The maximum absolute atomic E-state index is 11.7. The van der Waals surface area contributed by atoms with E-state index in [-0.39, 0.29) is 23.9 Å². The molecule has 0 bridgehead atoms. The van der Waals surface area contributed by atoms with Gasteiger partial charge < -0.3 is 4.74 Å². The monoisotopic (exact) mass is 232 g/mol. The molecule has 17 heavy (non-hydrogen) atoms. The van der Waals surface area contributed by atoms with Gasteiger partial charge in [0.25, 0.3) is 0 Å². The lowest BCUT2D eigenvalue weighted by Crippen LogP contribution is -2.06. The number of carbonyl (C=O) groups excluding carboxylic acids is 2. The van der Waals surface area contributed by atoms with Gasteiger partial charge in [0.05, 0.1) is 12.1 Å². The number of fused-ring (bicyclic) bond motifs is 1. The maximum atomic E-state index is 11.7. The van der Waals surface area contributed by atoms with E-state index in [0.29, 0.717) is 5.52 Å². The number of hydrogen-bond donors (Lipinski definition) is 0. The van der Waals surface area contributed by atoms with Crippen LogP contribution in [0.4, 0.5) is 0 Å². The Morgan fingerprint density at radius 3 is 2.82 bits per heavy atom. The molecule has 0 radical (unpaired) electrons. The zero-order valence-corrected chi connectivity index (χ0v) is 9.64. The van der Waals surface area contributed by atoms with Crippen LogP contribution >= 0.6 is 0 Å². The second-order valence-corrected chi connectivity index (χ2v) is 3.52. The lowest BCUT2D eigenvalue weighted by atomic mass is 10.3. The van der Waals surface area contributed by atoms with Crippen molar-refractivity contribution in [3.63, 3.8) is 0 Å². The quantitative estimate of drug-likeness (QED) is 0.597. The van der Waals surface area contributed by atoms with E-state index in [1.807, 2.05) is 0 Å². The van der Waals surface area contributed by atoms with Crippen LogP contribution in [0.5, 0.6) is 0 Å². The Bertz CT molecular complexity index is 586. The van der Waals surface area contributed by atoms with Gasteiger partial charge in [0.15, 0.2) is 17.3 Å². The topological polar surface area (TPSA) is 60.7 Å². The van der Waals surface area contributed by atoms with Gasteiger partial charge in [-0.1, -0.05) is 6.07 Å². The Morgan fingerprint density at radius 2 is 2.18 bits per heavy atom. The van der Waals surface area contributed by atoms with Crippen molar-refractivity contribution in [1.82, 2.24) is 9.38 Å². The van der Waals surface area contributed by atoms with Gasteiger partial charge in [-0.05, 0) is 19.1 Å². The Balaban J connectivity index is 2.64. The fraction of sp³-hybridized carbons (Fsp3) is 0.250. The van der Waals surface area contributed by atoms with Crippen LogP contribution in [0.15, 0.2) is 24.4 Å². The molecule has 0 atom stereocenters. The van der Waals surface area contributed by atoms with E-state index in [1.165, 1.54) is 6.92 Å². The number of hydrogen-bond acceptors (Lipinski definition) is 4. The van der Waals surface area contributed by atoms with E-state index in [2.05, 4.69) is 4.98 Å². The molecule has 5 nitrogen and oxygen atoms in total. The summed E-state index contributed by atoms with van der Waals surface area (Å²) < 4.78 is 6.49. The summed E-state index contributed by atoms with van der Waals surface area (Å²) in [6, 6.07) is 5.28. The summed E-state index contributed by atoms with van der Waals surface area (Å²) in [7, 11) is 0. The fourth-order valence-electron chi connectivity index (χ4n) is 1.64. The van der Waals surface area contributed by atoms with Gasteiger partial charge in [-0.25, -0.2) is 9.78 Å². The average molecular weight is 232 g/mol. The molecule has 2 heterocycles. The molecule has 0 unspecified atom stereocenters. The lowest BCUT2D eigenvalue weighted by Gasteiger charge is -1.98. The SMILES string of the molecule is CCOC(=O)c1nc(C(C)=O)n2ccccc12. The number of ether oxygens (including phenoxy) is 1. The smallest absolute Gasteiger partial charge is 0.359 e. The molecule has 2 aromatic rings. The van der Waals surface area contributed by atoms with Gasteiger partial charge in [0.2, 0.25) is 0 Å². The Kier molecular flexibility index (Phi) is 2.91. The van der Waals surface area contributed by atoms with Crippen LogP contribution in [0.25, 0.3) is 5.52 Å². The Hall–Kier alpha value is -2.17. The predicted molar refractivity (Wildman–Crippen MR) is 61.2 cm³/mol. The maximum Gasteiger partial charge on any atom is 0.359 e. The molecule has 0 aliphatic carbocycles. The molecule has 2 rings (SSSR count). The third kappa shape index (κ3) is 1.91. The molecule has 0 spiro atoms. The van der Waals surface area contributed by atoms with Crippen molar-refractivity contribution in [2.75, 3.05) is 6.61 Å². The zero-order valence-electron chi connectivity index (χ0n) is 9.64. The van der Waals surface area contributed by atoms with Crippen molar-refractivity contribution < 1.29 is 14.3 Å². The van der Waals surface area contributed by atoms with Gasteiger partial charge in [-0.15, -0.1) is 0 Å². The Labute approximate surface area is 98.0 Å². The normalized spacial score (nSPS) is 10.5. The first-order valence-corrected chi connectivity index (χ1v) is 5.30. The Morgan fingerprint density at radius 1 is 1.41 bits per heavy atom. The molecule has 0 aliphatic heterocycles. The second kappa shape index (κ2) is 4.37. The molecule has 88 valence electrons. The van der Waals surface area contributed by atoms with E-state index >= 15 is 0 Å². The van der Waals surface area contributed by atoms with Crippen LogP contribution in [0.3, 0.4) is 0 Å². The molecule has 0 amide bonds. The van der Waals surface area contributed by atoms with Gasteiger partial charge >= 0.3 is 5.97 Å². The molecule has 0 aliphatic rings. The van der Waals surface area contributed by atoms with Crippen molar-refractivity contribution >= 4 is 17.3 Å². The molecule has 0 aromatic carbocycles. The predicted octanol–water partition coefficient (Wildman–Crippen LogP) is 1.71. The summed E-state index contributed by atoms with van der Waals surface area (Å²) in [6.45, 7) is 3.42. The largest absolute Gasteiger partial charge is 0.461 e. The first kappa shape index (κ1) is 11.3. The first-order valence-electron chi connectivity index (χ1n) is 5.30. The number of carbonyl (C=O) groups is 2. The van der Waals surface area contributed by atoms with Crippen LogP contribution in [0.1, 0.15) is 35.0 Å². The molecule has 2 aromatic heterocycles. The highest BCUT2D eigenvalue weighted by Gasteiger charge is 2.19. The van der Waals surface area contributed by atoms with Crippen molar-refractivity contribution in [3.8, 4) is 0 Å². The fourth-order valence-corrected chi connectivity index (χ4v) is 1.64. The van der Waals surface area contributed by atoms with Crippen LogP contribution in [-0.4, -0.2) is 27.7 Å². The number of aromatic nitrogens is 2. The van der Waals surface area contributed by atoms with Crippen LogP contribution in [0.2, 0.25) is 0 Å². The van der Waals surface area contributed by atoms with Gasteiger partial charge in [-0.2, -0.15) is 0 Å². The third-order valence-electron chi connectivity index (χ3n) is 2.33. The van der Waals surface area contributed by atoms with E-state index in [0.717, 1.165) is 0 Å². The van der Waals surface area contributed by atoms with Gasteiger partial charge in [0.1, 0.15) is 0 Å². The number of rotatable bonds is 3.